The molecule has 15 nitrogen and oxygen atoms in total. The van der Waals surface area contributed by atoms with E-state index in [-0.39, 0.29) is 73.4 Å². The molecule has 15 heteroatoms. The van der Waals surface area contributed by atoms with Crippen molar-refractivity contribution in [1.82, 2.24) is 19.1 Å². The molecule has 4 aliphatic heterocycles. The fourth-order valence-electron chi connectivity index (χ4n) is 9.05. The van der Waals surface area contributed by atoms with Crippen LogP contribution in [-0.2, 0) is 75.6 Å². The van der Waals surface area contributed by atoms with Gasteiger partial charge < -0.3 is 33.8 Å². The topological polar surface area (TPSA) is 201 Å². The number of pyridine rings is 4. The maximum Gasteiger partial charge on any atom is 0.355 e. The lowest BCUT2D eigenvalue weighted by Gasteiger charge is -2.36. The van der Waals surface area contributed by atoms with E-state index in [1.807, 2.05) is 60.7 Å². The minimum Gasteiger partial charge on any atom is -0.457 e. The Morgan fingerprint density at radius 1 is 0.717 bits per heavy atom. The number of carbonyl (C=O) groups is 4. The summed E-state index contributed by atoms with van der Waals surface area (Å²) in [6.07, 6.45) is -0.872. The molecule has 8 heterocycles. The fourth-order valence-corrected chi connectivity index (χ4v) is 9.05. The monoisotopic (exact) mass is 807 g/mol. The van der Waals surface area contributed by atoms with E-state index >= 15 is 0 Å². The standard InChI is InChI=1S/C45H37N5O10/c1-3-44(29-17-34-37-25(15-23-9-5-7-11-32(23)47-37)19-49(34)39(52)27(29)21-57-42(44)55)59-36(51)14-13-31(46)41(54)60-45(4-2)30-18-35-38-26(16-24-10-6-8-12-33(24)48-38)20-50(35)40(53)28(30)22-58-43(45)56/h5-12,15-18,31H,3-4,13-14,19-22,46H2,1-2H3/t31-,44-,45-/m0/s1. The van der Waals surface area contributed by atoms with Crippen LogP contribution in [0.3, 0.4) is 0 Å². The van der Waals surface area contributed by atoms with E-state index in [0.717, 1.165) is 32.9 Å². The number of esters is 4. The number of fused-ring (bicyclic) bond motifs is 10. The Morgan fingerprint density at radius 2 is 1.18 bits per heavy atom. The number of cyclic esters (lactones) is 2. The van der Waals surface area contributed by atoms with Crippen LogP contribution < -0.4 is 16.9 Å². The number of rotatable bonds is 8. The van der Waals surface area contributed by atoms with E-state index in [1.165, 1.54) is 0 Å². The Kier molecular flexibility index (Phi) is 8.40. The van der Waals surface area contributed by atoms with Crippen LogP contribution in [0.5, 0.6) is 0 Å². The van der Waals surface area contributed by atoms with Gasteiger partial charge in [0, 0.05) is 39.4 Å². The van der Waals surface area contributed by atoms with Crippen molar-refractivity contribution in [1.29, 1.82) is 0 Å². The predicted molar refractivity (Wildman–Crippen MR) is 214 cm³/mol. The molecule has 0 saturated carbocycles. The smallest absolute Gasteiger partial charge is 0.355 e. The Bertz CT molecular complexity index is 3040. The zero-order chi connectivity index (χ0) is 41.7. The molecule has 0 unspecified atom stereocenters. The van der Waals surface area contributed by atoms with Crippen molar-refractivity contribution in [3.8, 4) is 22.8 Å². The Labute approximate surface area is 340 Å². The largest absolute Gasteiger partial charge is 0.457 e. The Hall–Kier alpha value is -7.00. The van der Waals surface area contributed by atoms with Crippen LogP contribution in [-0.4, -0.2) is 49.0 Å². The van der Waals surface area contributed by atoms with Crippen molar-refractivity contribution in [2.45, 2.75) is 83.1 Å². The molecular formula is C45H37N5O10. The van der Waals surface area contributed by atoms with Gasteiger partial charge in [-0.25, -0.2) is 19.6 Å². The molecule has 4 aliphatic rings. The second-order valence-corrected chi connectivity index (χ2v) is 15.6. The van der Waals surface area contributed by atoms with Gasteiger partial charge in [-0.3, -0.25) is 19.2 Å². The third-order valence-corrected chi connectivity index (χ3v) is 12.3. The number of nitrogens with zero attached hydrogens (tertiary/aromatic N) is 4. The maximum absolute atomic E-state index is 13.9. The second-order valence-electron chi connectivity index (χ2n) is 15.6. The first-order chi connectivity index (χ1) is 29.0. The summed E-state index contributed by atoms with van der Waals surface area (Å²) in [4.78, 5) is 92.0. The number of nitrogens with two attached hydrogens (primary N) is 1. The number of para-hydroxylation sites is 2. The zero-order valence-electron chi connectivity index (χ0n) is 32.6. The van der Waals surface area contributed by atoms with Crippen molar-refractivity contribution in [2.75, 3.05) is 0 Å². The van der Waals surface area contributed by atoms with Gasteiger partial charge in [0.1, 0.15) is 19.3 Å². The molecule has 0 spiro atoms. The van der Waals surface area contributed by atoms with Crippen molar-refractivity contribution in [3.05, 3.63) is 127 Å². The van der Waals surface area contributed by atoms with Crippen LogP contribution in [0.1, 0.15) is 72.9 Å². The minimum atomic E-state index is -2.01. The summed E-state index contributed by atoms with van der Waals surface area (Å²) in [5.74, 6) is -3.60. The van der Waals surface area contributed by atoms with Crippen molar-refractivity contribution in [3.63, 3.8) is 0 Å². The molecular weight excluding hydrogens is 771 g/mol. The van der Waals surface area contributed by atoms with Crippen molar-refractivity contribution in [2.24, 2.45) is 5.73 Å². The fraction of sp³-hybridized carbons (Fsp3) is 0.289. The molecule has 0 amide bonds. The number of hydrogen-bond donors (Lipinski definition) is 1. The molecule has 60 heavy (non-hydrogen) atoms. The predicted octanol–water partition coefficient (Wildman–Crippen LogP) is 4.38. The van der Waals surface area contributed by atoms with Gasteiger partial charge in [0.25, 0.3) is 11.1 Å². The van der Waals surface area contributed by atoms with Gasteiger partial charge in [-0.2, -0.15) is 0 Å². The quantitative estimate of drug-likeness (QED) is 0.168. The van der Waals surface area contributed by atoms with Gasteiger partial charge in [0.05, 0.1) is 58.0 Å². The molecule has 0 radical (unpaired) electrons. The van der Waals surface area contributed by atoms with Crippen LogP contribution in [0.25, 0.3) is 44.6 Å². The highest BCUT2D eigenvalue weighted by Gasteiger charge is 2.52. The van der Waals surface area contributed by atoms with E-state index in [4.69, 9.17) is 34.6 Å². The maximum atomic E-state index is 13.9. The number of ether oxygens (including phenoxy) is 4. The highest BCUT2D eigenvalue weighted by atomic mass is 16.6. The summed E-state index contributed by atoms with van der Waals surface area (Å²) < 4.78 is 25.9. The summed E-state index contributed by atoms with van der Waals surface area (Å²) in [7, 11) is 0. The lowest BCUT2D eigenvalue weighted by molar-refractivity contribution is -0.191. The lowest BCUT2D eigenvalue weighted by Crippen LogP contribution is -2.50. The van der Waals surface area contributed by atoms with Gasteiger partial charge >= 0.3 is 23.9 Å². The molecule has 2 aromatic carbocycles. The summed E-state index contributed by atoms with van der Waals surface area (Å²) in [6.45, 7) is 3.21. The number of hydrogen-bond acceptors (Lipinski definition) is 13. The van der Waals surface area contributed by atoms with Crippen molar-refractivity contribution < 1.29 is 38.1 Å². The number of aromatic nitrogens is 4. The molecule has 2 N–H and O–H groups in total. The molecule has 0 fully saturated rings. The molecule has 0 aliphatic carbocycles. The molecule has 0 saturated heterocycles. The first-order valence-corrected chi connectivity index (χ1v) is 19.8. The van der Waals surface area contributed by atoms with E-state index < -0.39 is 53.1 Å². The minimum absolute atomic E-state index is 0.0555. The normalized spacial score (nSPS) is 19.9. The van der Waals surface area contributed by atoms with E-state index in [2.05, 4.69) is 0 Å². The van der Waals surface area contributed by atoms with Crippen LogP contribution >= 0.6 is 0 Å². The highest BCUT2D eigenvalue weighted by molar-refractivity contribution is 5.91. The van der Waals surface area contributed by atoms with Crippen LogP contribution in [0.15, 0.2) is 82.4 Å². The first-order valence-electron chi connectivity index (χ1n) is 19.8. The average Bonchev–Trinajstić information content (AvgIpc) is 3.80. The van der Waals surface area contributed by atoms with Gasteiger partial charge in [0.15, 0.2) is 0 Å². The van der Waals surface area contributed by atoms with E-state index in [0.29, 0.717) is 22.8 Å². The van der Waals surface area contributed by atoms with Gasteiger partial charge in [-0.15, -0.1) is 0 Å². The van der Waals surface area contributed by atoms with E-state index in [9.17, 15) is 28.8 Å². The van der Waals surface area contributed by atoms with Crippen LogP contribution in [0.4, 0.5) is 0 Å². The average molecular weight is 808 g/mol. The summed E-state index contributed by atoms with van der Waals surface area (Å²) >= 11 is 0. The van der Waals surface area contributed by atoms with Crippen LogP contribution in [0.2, 0.25) is 0 Å². The molecule has 10 rings (SSSR count). The van der Waals surface area contributed by atoms with Gasteiger partial charge in [0.2, 0.25) is 11.2 Å². The Balaban J connectivity index is 0.902. The SMILES string of the molecule is CC[C@@]1(OC(=O)CC[C@H](N)C(=O)O[C@]2(CC)C(=O)OCc3c2cc2n(c3=O)Cc3cc4ccccc4nc3-2)C(=O)OCc2c1cc1n(c2=O)Cc2cc3ccccc3nc2-1. The molecule has 6 aromatic rings. The highest BCUT2D eigenvalue weighted by Crippen LogP contribution is 2.43. The Morgan fingerprint density at radius 3 is 1.67 bits per heavy atom. The number of carbonyl (C=O) groups excluding carboxylic acids is 4. The molecule has 4 aromatic heterocycles. The summed E-state index contributed by atoms with van der Waals surface area (Å²) in [6, 6.07) is 21.0. The van der Waals surface area contributed by atoms with Crippen molar-refractivity contribution >= 4 is 45.7 Å². The van der Waals surface area contributed by atoms with Gasteiger partial charge in [-0.1, -0.05) is 50.2 Å². The zero-order valence-corrected chi connectivity index (χ0v) is 32.6. The van der Waals surface area contributed by atoms with Crippen LogP contribution in [0, 0.1) is 0 Å². The molecule has 0 bridgehead atoms. The second kappa shape index (κ2) is 13.5. The summed E-state index contributed by atoms with van der Waals surface area (Å²) in [5.41, 5.74) is 7.60. The van der Waals surface area contributed by atoms with Gasteiger partial charge in [-0.05, 0) is 55.7 Å². The van der Waals surface area contributed by atoms with E-state index in [1.54, 1.807) is 35.1 Å². The molecule has 302 valence electrons. The number of benzene rings is 2. The lowest BCUT2D eigenvalue weighted by atomic mass is 9.85. The molecule has 3 atom stereocenters. The third kappa shape index (κ3) is 5.38. The first kappa shape index (κ1) is 37.3. The summed E-state index contributed by atoms with van der Waals surface area (Å²) in [5, 5.41) is 1.84. The third-order valence-electron chi connectivity index (χ3n) is 12.3.